The largest absolute Gasteiger partial charge is 0.246 e. The highest BCUT2D eigenvalue weighted by atomic mass is 35.5. The maximum atomic E-state index is 12.5. The van der Waals surface area contributed by atoms with E-state index in [1.165, 1.54) is 23.7 Å². The predicted molar refractivity (Wildman–Crippen MR) is 81.9 cm³/mol. The first kappa shape index (κ1) is 16.2. The molecule has 2 rings (SSSR count). The number of halogens is 2. The maximum absolute atomic E-state index is 12.5. The van der Waals surface area contributed by atoms with Crippen LogP contribution in [-0.4, -0.2) is 29.7 Å². The average molecular weight is 346 g/mol. The van der Waals surface area contributed by atoms with E-state index >= 15 is 0 Å². The lowest BCUT2D eigenvalue weighted by atomic mass is 10.1. The Morgan fingerprint density at radius 3 is 2.14 bits per heavy atom. The monoisotopic (exact) mass is 345 g/mol. The second-order valence-corrected chi connectivity index (χ2v) is 7.21. The van der Waals surface area contributed by atoms with Gasteiger partial charge in [0.2, 0.25) is 15.3 Å². The van der Waals surface area contributed by atoms with Gasteiger partial charge < -0.3 is 0 Å². The third-order valence-electron chi connectivity index (χ3n) is 3.17. The molecule has 1 aromatic heterocycles. The van der Waals surface area contributed by atoms with Crippen molar-refractivity contribution in [1.82, 2.24) is 14.3 Å². The van der Waals surface area contributed by atoms with Crippen molar-refractivity contribution >= 4 is 33.2 Å². The molecule has 0 aliphatic carbocycles. The number of hydrogen-bond acceptors (Lipinski definition) is 4. The first-order chi connectivity index (χ1) is 9.82. The molecule has 0 saturated heterocycles. The summed E-state index contributed by atoms with van der Waals surface area (Å²) in [5.74, 6) is 0. The highest BCUT2D eigenvalue weighted by Gasteiger charge is 2.27. The summed E-state index contributed by atoms with van der Waals surface area (Å²) < 4.78 is 26.3. The van der Waals surface area contributed by atoms with Gasteiger partial charge in [-0.2, -0.15) is 4.31 Å². The lowest BCUT2D eigenvalue weighted by molar-refractivity contribution is 0.398. The normalized spacial score (nSPS) is 13.4. The van der Waals surface area contributed by atoms with Gasteiger partial charge in [-0.25, -0.2) is 18.4 Å². The van der Waals surface area contributed by atoms with Gasteiger partial charge in [0, 0.05) is 18.1 Å². The highest BCUT2D eigenvalue weighted by molar-refractivity contribution is 7.89. The second-order valence-electron chi connectivity index (χ2n) is 4.44. The quantitative estimate of drug-likeness (QED) is 0.798. The Hall–Kier alpha value is -1.21. The molecule has 0 radical (unpaired) electrons. The van der Waals surface area contributed by atoms with Crippen molar-refractivity contribution in [3.05, 3.63) is 52.5 Å². The van der Waals surface area contributed by atoms with Gasteiger partial charge in [-0.3, -0.25) is 0 Å². The van der Waals surface area contributed by atoms with Crippen LogP contribution in [0.5, 0.6) is 0 Å². The van der Waals surface area contributed by atoms with Gasteiger partial charge >= 0.3 is 0 Å². The summed E-state index contributed by atoms with van der Waals surface area (Å²) >= 11 is 11.4. The molecule has 1 aromatic carbocycles. The lowest BCUT2D eigenvalue weighted by Gasteiger charge is -2.24. The fourth-order valence-electron chi connectivity index (χ4n) is 1.76. The number of hydrogen-bond donors (Lipinski definition) is 0. The summed E-state index contributed by atoms with van der Waals surface area (Å²) in [7, 11) is -2.19. The zero-order chi connectivity index (χ0) is 15.6. The van der Waals surface area contributed by atoms with Gasteiger partial charge in [0.05, 0.1) is 12.4 Å². The van der Waals surface area contributed by atoms with Crippen LogP contribution in [0.4, 0.5) is 0 Å². The Morgan fingerprint density at radius 2 is 1.62 bits per heavy atom. The van der Waals surface area contributed by atoms with Crippen LogP contribution in [0.25, 0.3) is 0 Å². The zero-order valence-electron chi connectivity index (χ0n) is 11.4. The first-order valence-corrected chi connectivity index (χ1v) is 8.23. The van der Waals surface area contributed by atoms with Crippen LogP contribution < -0.4 is 0 Å². The minimum Gasteiger partial charge on any atom is -0.225 e. The maximum Gasteiger partial charge on any atom is 0.246 e. The second kappa shape index (κ2) is 6.27. The molecule has 0 N–H and O–H groups in total. The summed E-state index contributed by atoms with van der Waals surface area (Å²) in [6, 6.07) is 6.66. The smallest absolute Gasteiger partial charge is 0.225 e. The summed E-state index contributed by atoms with van der Waals surface area (Å²) in [6.45, 7) is 1.79. The molecule has 0 amide bonds. The van der Waals surface area contributed by atoms with Crippen LogP contribution >= 0.6 is 23.2 Å². The van der Waals surface area contributed by atoms with E-state index in [1.807, 2.05) is 0 Å². The van der Waals surface area contributed by atoms with E-state index in [9.17, 15) is 8.42 Å². The number of benzene rings is 1. The zero-order valence-corrected chi connectivity index (χ0v) is 13.7. The minimum absolute atomic E-state index is 0.00218. The molecular weight excluding hydrogens is 333 g/mol. The van der Waals surface area contributed by atoms with Gasteiger partial charge in [0.1, 0.15) is 4.90 Å². The van der Waals surface area contributed by atoms with Gasteiger partial charge in [-0.05, 0) is 36.2 Å². The van der Waals surface area contributed by atoms with E-state index in [1.54, 1.807) is 31.2 Å². The van der Waals surface area contributed by atoms with Crippen molar-refractivity contribution in [3.8, 4) is 0 Å². The predicted octanol–water partition coefficient (Wildman–Crippen LogP) is 3.17. The molecule has 0 fully saturated rings. The number of rotatable bonds is 4. The number of sulfonamides is 1. The Balaban J connectivity index is 2.31. The van der Waals surface area contributed by atoms with Crippen LogP contribution in [-0.2, 0) is 10.0 Å². The van der Waals surface area contributed by atoms with Crippen LogP contribution in [0.1, 0.15) is 18.5 Å². The van der Waals surface area contributed by atoms with Gasteiger partial charge in [0.25, 0.3) is 0 Å². The first-order valence-electron chi connectivity index (χ1n) is 6.03. The third kappa shape index (κ3) is 3.52. The van der Waals surface area contributed by atoms with Gasteiger partial charge in [-0.1, -0.05) is 23.7 Å². The molecule has 21 heavy (non-hydrogen) atoms. The standard InChI is InChI=1S/C13H13Cl2N3O2S/c1-9(10-3-5-11(14)6-4-10)18(2)21(19,20)12-7-16-13(15)17-8-12/h3-9H,1-2H3. The van der Waals surface area contributed by atoms with Crippen molar-refractivity contribution in [2.45, 2.75) is 17.9 Å². The molecule has 0 bridgehead atoms. The Labute approximate surface area is 133 Å². The molecular formula is C13H13Cl2N3O2S. The summed E-state index contributed by atoms with van der Waals surface area (Å²) in [4.78, 5) is 7.40. The molecule has 1 unspecified atom stereocenters. The van der Waals surface area contributed by atoms with E-state index in [0.29, 0.717) is 5.02 Å². The Bertz CT molecular complexity index is 718. The molecule has 112 valence electrons. The molecule has 0 aliphatic rings. The van der Waals surface area contributed by atoms with E-state index in [0.717, 1.165) is 5.56 Å². The molecule has 2 aromatic rings. The Morgan fingerprint density at radius 1 is 1.10 bits per heavy atom. The topological polar surface area (TPSA) is 63.2 Å². The van der Waals surface area contributed by atoms with E-state index < -0.39 is 10.0 Å². The van der Waals surface area contributed by atoms with Crippen LogP contribution in [0, 0.1) is 0 Å². The third-order valence-corrected chi connectivity index (χ3v) is 5.50. The fraction of sp³-hybridized carbons (Fsp3) is 0.231. The molecule has 0 spiro atoms. The molecule has 1 atom stereocenters. The Kier molecular flexibility index (Phi) is 4.83. The average Bonchev–Trinajstić information content (AvgIpc) is 2.47. The summed E-state index contributed by atoms with van der Waals surface area (Å²) in [6.07, 6.45) is 2.38. The van der Waals surface area contributed by atoms with Gasteiger partial charge in [0.15, 0.2) is 0 Å². The lowest BCUT2D eigenvalue weighted by Crippen LogP contribution is -2.30. The fourth-order valence-corrected chi connectivity index (χ4v) is 3.23. The van der Waals surface area contributed by atoms with Crippen LogP contribution in [0.2, 0.25) is 10.3 Å². The molecule has 1 heterocycles. The van der Waals surface area contributed by atoms with Crippen molar-refractivity contribution < 1.29 is 8.42 Å². The van der Waals surface area contributed by atoms with E-state index in [2.05, 4.69) is 9.97 Å². The van der Waals surface area contributed by atoms with Crippen molar-refractivity contribution in [1.29, 1.82) is 0 Å². The van der Waals surface area contributed by atoms with Crippen molar-refractivity contribution in [2.75, 3.05) is 7.05 Å². The van der Waals surface area contributed by atoms with Crippen molar-refractivity contribution in [3.63, 3.8) is 0 Å². The molecule has 5 nitrogen and oxygen atoms in total. The summed E-state index contributed by atoms with van der Waals surface area (Å²) in [5, 5.41) is 0.602. The molecule has 8 heteroatoms. The van der Waals surface area contributed by atoms with E-state index in [-0.39, 0.29) is 16.2 Å². The van der Waals surface area contributed by atoms with Crippen molar-refractivity contribution in [2.24, 2.45) is 0 Å². The van der Waals surface area contributed by atoms with Crippen LogP contribution in [0.3, 0.4) is 0 Å². The molecule has 0 aliphatic heterocycles. The molecule has 0 saturated carbocycles. The number of nitrogens with zero attached hydrogens (tertiary/aromatic N) is 3. The number of aromatic nitrogens is 2. The highest BCUT2D eigenvalue weighted by Crippen LogP contribution is 2.26. The van der Waals surface area contributed by atoms with Crippen LogP contribution in [0.15, 0.2) is 41.6 Å². The summed E-state index contributed by atoms with van der Waals surface area (Å²) in [5.41, 5.74) is 0.834. The SMILES string of the molecule is CC(c1ccc(Cl)cc1)N(C)S(=O)(=O)c1cnc(Cl)nc1. The minimum atomic E-state index is -3.70. The van der Waals surface area contributed by atoms with E-state index in [4.69, 9.17) is 23.2 Å². The van der Waals surface area contributed by atoms with Gasteiger partial charge in [-0.15, -0.1) is 0 Å².